The number of rotatable bonds is 3. The summed E-state index contributed by atoms with van der Waals surface area (Å²) in [6.07, 6.45) is 6.86. The lowest BCUT2D eigenvalue weighted by Gasteiger charge is -2.37. The third-order valence-corrected chi connectivity index (χ3v) is 8.33. The van der Waals surface area contributed by atoms with E-state index in [1.165, 1.54) is 20.2 Å². The molecule has 2 aromatic heterocycles. The highest BCUT2D eigenvalue weighted by Crippen LogP contribution is 2.40. The SMILES string of the molecule is O=C1NC2(CCCCCC2)C(=O)N1CN1CCc2sccc2[C@@H]1c1cccs1. The zero-order chi connectivity index (χ0) is 19.1. The molecule has 1 spiro atoms. The molecule has 28 heavy (non-hydrogen) atoms. The second-order valence-corrected chi connectivity index (χ2v) is 10.1. The Morgan fingerprint density at radius 2 is 1.89 bits per heavy atom. The van der Waals surface area contributed by atoms with E-state index in [-0.39, 0.29) is 18.0 Å². The first-order chi connectivity index (χ1) is 13.7. The maximum absolute atomic E-state index is 13.3. The third-order valence-electron chi connectivity index (χ3n) is 6.40. The predicted octanol–water partition coefficient (Wildman–Crippen LogP) is 4.36. The van der Waals surface area contributed by atoms with Crippen LogP contribution in [0.5, 0.6) is 0 Å². The number of urea groups is 1. The van der Waals surface area contributed by atoms with Gasteiger partial charge in [-0.15, -0.1) is 22.7 Å². The quantitative estimate of drug-likeness (QED) is 0.758. The van der Waals surface area contributed by atoms with E-state index in [0.717, 1.165) is 51.5 Å². The summed E-state index contributed by atoms with van der Waals surface area (Å²) >= 11 is 3.55. The van der Waals surface area contributed by atoms with Crippen LogP contribution >= 0.6 is 22.7 Å². The van der Waals surface area contributed by atoms with Gasteiger partial charge in [0.15, 0.2) is 0 Å². The molecule has 1 N–H and O–H groups in total. The topological polar surface area (TPSA) is 52.7 Å². The Morgan fingerprint density at radius 3 is 2.64 bits per heavy atom. The smallest absolute Gasteiger partial charge is 0.323 e. The van der Waals surface area contributed by atoms with E-state index in [1.807, 2.05) is 11.3 Å². The maximum atomic E-state index is 13.3. The number of nitrogens with zero attached hydrogens (tertiary/aromatic N) is 2. The number of nitrogens with one attached hydrogen (secondary N) is 1. The first kappa shape index (κ1) is 18.3. The van der Waals surface area contributed by atoms with Gasteiger partial charge in [0, 0.05) is 16.3 Å². The summed E-state index contributed by atoms with van der Waals surface area (Å²) in [6, 6.07) is 6.35. The van der Waals surface area contributed by atoms with Crippen molar-refractivity contribution in [3.63, 3.8) is 0 Å². The molecule has 5 rings (SSSR count). The van der Waals surface area contributed by atoms with Crippen LogP contribution in [0.4, 0.5) is 4.79 Å². The lowest BCUT2D eigenvalue weighted by Crippen LogP contribution is -2.48. The van der Waals surface area contributed by atoms with Crippen molar-refractivity contribution in [1.82, 2.24) is 15.1 Å². The zero-order valence-corrected chi connectivity index (χ0v) is 17.5. The molecule has 1 saturated heterocycles. The number of carbonyl (C=O) groups is 2. The summed E-state index contributed by atoms with van der Waals surface area (Å²) in [7, 11) is 0. The zero-order valence-electron chi connectivity index (χ0n) is 15.9. The number of amides is 3. The van der Waals surface area contributed by atoms with Crippen molar-refractivity contribution in [2.24, 2.45) is 0 Å². The molecule has 0 aromatic carbocycles. The summed E-state index contributed by atoms with van der Waals surface area (Å²) < 4.78 is 0. The summed E-state index contributed by atoms with van der Waals surface area (Å²) in [6.45, 7) is 1.23. The molecule has 2 fully saturated rings. The van der Waals surface area contributed by atoms with E-state index in [2.05, 4.69) is 39.2 Å². The molecule has 0 unspecified atom stereocenters. The minimum Gasteiger partial charge on any atom is -0.323 e. The minimum absolute atomic E-state index is 0.0135. The highest BCUT2D eigenvalue weighted by Gasteiger charge is 2.51. The van der Waals surface area contributed by atoms with Gasteiger partial charge in [0.1, 0.15) is 5.54 Å². The molecule has 3 aliphatic rings. The number of imide groups is 1. The fraction of sp³-hybridized carbons (Fsp3) is 0.524. The van der Waals surface area contributed by atoms with Crippen LogP contribution in [0.2, 0.25) is 0 Å². The molecule has 5 nitrogen and oxygen atoms in total. The number of thiophene rings is 2. The van der Waals surface area contributed by atoms with Gasteiger partial charge in [0.05, 0.1) is 12.7 Å². The molecule has 2 aliphatic heterocycles. The highest BCUT2D eigenvalue weighted by atomic mass is 32.1. The molecule has 1 saturated carbocycles. The Morgan fingerprint density at radius 1 is 1.07 bits per heavy atom. The average molecular weight is 416 g/mol. The fourth-order valence-electron chi connectivity index (χ4n) is 4.96. The molecular weight excluding hydrogens is 390 g/mol. The Bertz CT molecular complexity index is 868. The van der Waals surface area contributed by atoms with E-state index < -0.39 is 5.54 Å². The van der Waals surface area contributed by atoms with E-state index in [9.17, 15) is 9.59 Å². The van der Waals surface area contributed by atoms with Crippen LogP contribution in [-0.4, -0.2) is 40.5 Å². The number of carbonyl (C=O) groups excluding carboxylic acids is 2. The van der Waals surface area contributed by atoms with Gasteiger partial charge in [-0.1, -0.05) is 31.7 Å². The van der Waals surface area contributed by atoms with Crippen molar-refractivity contribution in [2.75, 3.05) is 13.2 Å². The van der Waals surface area contributed by atoms with Crippen molar-refractivity contribution >= 4 is 34.6 Å². The van der Waals surface area contributed by atoms with Crippen LogP contribution in [0.15, 0.2) is 29.0 Å². The van der Waals surface area contributed by atoms with Gasteiger partial charge in [-0.05, 0) is 47.7 Å². The Hall–Kier alpha value is -1.70. The average Bonchev–Trinajstić information content (AvgIpc) is 3.38. The third kappa shape index (κ3) is 3.00. The van der Waals surface area contributed by atoms with Gasteiger partial charge in [0.25, 0.3) is 5.91 Å². The molecular formula is C21H25N3O2S2. The van der Waals surface area contributed by atoms with Crippen molar-refractivity contribution in [2.45, 2.75) is 56.5 Å². The van der Waals surface area contributed by atoms with Gasteiger partial charge in [-0.25, -0.2) is 9.69 Å². The largest absolute Gasteiger partial charge is 0.326 e. The van der Waals surface area contributed by atoms with E-state index in [4.69, 9.17) is 0 Å². The Balaban J connectivity index is 1.42. The van der Waals surface area contributed by atoms with E-state index in [1.54, 1.807) is 11.3 Å². The minimum atomic E-state index is -0.657. The molecule has 1 atom stereocenters. The van der Waals surface area contributed by atoms with Crippen LogP contribution in [0, 0.1) is 0 Å². The lowest BCUT2D eigenvalue weighted by atomic mass is 9.90. The van der Waals surface area contributed by atoms with Gasteiger partial charge in [0.2, 0.25) is 0 Å². The van der Waals surface area contributed by atoms with Crippen molar-refractivity contribution < 1.29 is 9.59 Å². The maximum Gasteiger partial charge on any atom is 0.326 e. The molecule has 0 bridgehead atoms. The summed E-state index contributed by atoms with van der Waals surface area (Å²) in [5, 5.41) is 7.33. The number of hydrogen-bond donors (Lipinski definition) is 1. The normalized spacial score (nSPS) is 25.0. The lowest BCUT2D eigenvalue weighted by molar-refractivity contribution is -0.133. The van der Waals surface area contributed by atoms with E-state index >= 15 is 0 Å². The van der Waals surface area contributed by atoms with Crippen molar-refractivity contribution in [3.8, 4) is 0 Å². The van der Waals surface area contributed by atoms with Crippen LogP contribution < -0.4 is 5.32 Å². The van der Waals surface area contributed by atoms with Crippen molar-refractivity contribution in [1.29, 1.82) is 0 Å². The monoisotopic (exact) mass is 415 g/mol. The molecule has 1 aliphatic carbocycles. The summed E-state index contributed by atoms with van der Waals surface area (Å²) in [5.41, 5.74) is 0.671. The highest BCUT2D eigenvalue weighted by molar-refractivity contribution is 7.10. The summed E-state index contributed by atoms with van der Waals surface area (Å²) in [5.74, 6) is -0.0135. The first-order valence-corrected chi connectivity index (χ1v) is 11.9. The van der Waals surface area contributed by atoms with Crippen LogP contribution in [-0.2, 0) is 11.2 Å². The van der Waals surface area contributed by atoms with Crippen LogP contribution in [0.1, 0.15) is 59.9 Å². The standard InChI is InChI=1S/C21H25N3O2S2/c25-19-21(9-3-1-2-4-10-21)22-20(26)24(19)14-23-11-7-16-15(8-13-28-16)18(23)17-6-5-12-27-17/h5-6,8,12-13,18H,1-4,7,9-11,14H2,(H,22,26)/t18-/m1/s1. The molecule has 3 amide bonds. The summed E-state index contributed by atoms with van der Waals surface area (Å²) in [4.78, 5) is 32.6. The van der Waals surface area contributed by atoms with Gasteiger partial charge >= 0.3 is 6.03 Å². The van der Waals surface area contributed by atoms with Gasteiger partial charge < -0.3 is 5.32 Å². The molecule has 0 radical (unpaired) electrons. The molecule has 7 heteroatoms. The molecule has 148 valence electrons. The second-order valence-electron chi connectivity index (χ2n) is 8.08. The van der Waals surface area contributed by atoms with Gasteiger partial charge in [-0.3, -0.25) is 9.69 Å². The second kappa shape index (κ2) is 7.28. The fourth-order valence-corrected chi connectivity index (χ4v) is 6.74. The number of fused-ring (bicyclic) bond motifs is 1. The Labute approximate surface area is 173 Å². The van der Waals surface area contributed by atoms with Gasteiger partial charge in [-0.2, -0.15) is 0 Å². The van der Waals surface area contributed by atoms with Crippen LogP contribution in [0.3, 0.4) is 0 Å². The number of hydrogen-bond acceptors (Lipinski definition) is 5. The van der Waals surface area contributed by atoms with Crippen LogP contribution in [0.25, 0.3) is 0 Å². The predicted molar refractivity (Wildman–Crippen MR) is 112 cm³/mol. The molecule has 2 aromatic rings. The van der Waals surface area contributed by atoms with Crippen molar-refractivity contribution in [3.05, 3.63) is 44.3 Å². The first-order valence-electron chi connectivity index (χ1n) is 10.2. The Kier molecular flexibility index (Phi) is 4.77. The van der Waals surface area contributed by atoms with E-state index in [0.29, 0.717) is 6.67 Å². The molecule has 4 heterocycles.